The molecule has 0 saturated carbocycles. The Labute approximate surface area is 149 Å². The molecule has 0 unspecified atom stereocenters. The fourth-order valence-electron chi connectivity index (χ4n) is 2.22. The molecule has 0 spiro atoms. The zero-order valence-corrected chi connectivity index (χ0v) is 14.9. The predicted molar refractivity (Wildman–Crippen MR) is 91.1 cm³/mol. The molecule has 0 aliphatic heterocycles. The van der Waals surface area contributed by atoms with E-state index in [1.54, 1.807) is 24.3 Å². The Bertz CT molecular complexity index is 894. The lowest BCUT2D eigenvalue weighted by Crippen LogP contribution is -2.35. The summed E-state index contributed by atoms with van der Waals surface area (Å²) < 4.78 is 64.7. The van der Waals surface area contributed by atoms with Crippen LogP contribution in [0, 0.1) is 6.92 Å². The number of aryl methyl sites for hydroxylation is 1. The van der Waals surface area contributed by atoms with E-state index in [0.717, 1.165) is 24.7 Å². The number of amides is 1. The number of anilines is 1. The van der Waals surface area contributed by atoms with E-state index in [2.05, 4.69) is 5.32 Å². The topological polar surface area (TPSA) is 66.5 Å². The van der Waals surface area contributed by atoms with Crippen LogP contribution in [0.2, 0.25) is 0 Å². The molecule has 0 bridgehead atoms. The van der Waals surface area contributed by atoms with Crippen LogP contribution in [0.15, 0.2) is 53.4 Å². The summed E-state index contributed by atoms with van der Waals surface area (Å²) in [4.78, 5) is 11.1. The predicted octanol–water partition coefficient (Wildman–Crippen LogP) is 3.27. The number of carbonyl (C=O) groups is 1. The minimum atomic E-state index is -4.82. The maximum atomic E-state index is 13.1. The number of likely N-dealkylation sites (N-methyl/N-ethyl adjacent to an activating group) is 1. The fourth-order valence-corrected chi connectivity index (χ4v) is 3.55. The monoisotopic (exact) mass is 386 g/mol. The highest BCUT2D eigenvalue weighted by molar-refractivity contribution is 7.89. The molecule has 26 heavy (non-hydrogen) atoms. The van der Waals surface area contributed by atoms with Crippen molar-refractivity contribution in [3.05, 3.63) is 59.7 Å². The van der Waals surface area contributed by atoms with Crippen molar-refractivity contribution < 1.29 is 26.4 Å². The summed E-state index contributed by atoms with van der Waals surface area (Å²) >= 11 is 0. The van der Waals surface area contributed by atoms with Gasteiger partial charge in [0.1, 0.15) is 0 Å². The average molecular weight is 386 g/mol. The zero-order chi connectivity index (χ0) is 19.5. The molecule has 0 radical (unpaired) electrons. The van der Waals surface area contributed by atoms with Crippen LogP contribution >= 0.6 is 0 Å². The van der Waals surface area contributed by atoms with Gasteiger partial charge in [0.2, 0.25) is 15.9 Å². The highest BCUT2D eigenvalue weighted by Crippen LogP contribution is 2.34. The van der Waals surface area contributed by atoms with Gasteiger partial charge in [0.15, 0.2) is 0 Å². The Hall–Kier alpha value is -2.39. The van der Waals surface area contributed by atoms with Gasteiger partial charge in [0.25, 0.3) is 0 Å². The number of nitrogens with one attached hydrogen (secondary N) is 1. The summed E-state index contributed by atoms with van der Waals surface area (Å²) in [5, 5.41) is 2.50. The zero-order valence-electron chi connectivity index (χ0n) is 14.0. The van der Waals surface area contributed by atoms with Crippen molar-refractivity contribution in [2.24, 2.45) is 0 Å². The molecular weight excluding hydrogens is 369 g/mol. The first kappa shape index (κ1) is 19.9. The second kappa shape index (κ2) is 7.46. The number of halogens is 3. The van der Waals surface area contributed by atoms with Crippen LogP contribution in [0.4, 0.5) is 18.9 Å². The van der Waals surface area contributed by atoms with Gasteiger partial charge in [-0.3, -0.25) is 4.79 Å². The summed E-state index contributed by atoms with van der Waals surface area (Å²) in [5.41, 5.74) is 0.166. The lowest BCUT2D eigenvalue weighted by Gasteiger charge is -2.20. The van der Waals surface area contributed by atoms with Crippen molar-refractivity contribution in [2.45, 2.75) is 18.0 Å². The van der Waals surface area contributed by atoms with Gasteiger partial charge in [-0.25, -0.2) is 8.42 Å². The number of benzene rings is 2. The van der Waals surface area contributed by atoms with Crippen molar-refractivity contribution >= 4 is 21.6 Å². The van der Waals surface area contributed by atoms with Gasteiger partial charge in [-0.2, -0.15) is 17.5 Å². The smallest absolute Gasteiger partial charge is 0.325 e. The Morgan fingerprint density at radius 3 is 2.23 bits per heavy atom. The van der Waals surface area contributed by atoms with E-state index >= 15 is 0 Å². The first-order valence-electron chi connectivity index (χ1n) is 7.51. The third kappa shape index (κ3) is 4.61. The van der Waals surface area contributed by atoms with Crippen molar-refractivity contribution in [3.8, 4) is 0 Å². The summed E-state index contributed by atoms with van der Waals surface area (Å²) in [6.45, 7) is 1.24. The van der Waals surface area contributed by atoms with Crippen LogP contribution in [0.1, 0.15) is 11.1 Å². The first-order chi connectivity index (χ1) is 12.0. The van der Waals surface area contributed by atoms with Gasteiger partial charge in [-0.1, -0.05) is 29.8 Å². The van der Waals surface area contributed by atoms with Crippen LogP contribution in [0.3, 0.4) is 0 Å². The number of sulfonamides is 1. The van der Waals surface area contributed by atoms with Crippen molar-refractivity contribution in [1.82, 2.24) is 4.31 Å². The lowest BCUT2D eigenvalue weighted by molar-refractivity contribution is -0.139. The molecule has 0 heterocycles. The largest absolute Gasteiger partial charge is 0.417 e. The molecular formula is C17H17F3N2O3S. The van der Waals surface area contributed by atoms with Crippen LogP contribution in [-0.2, 0) is 21.0 Å². The molecule has 140 valence electrons. The molecule has 0 aliphatic carbocycles. The Balaban J connectivity index is 2.19. The van der Waals surface area contributed by atoms with E-state index in [9.17, 15) is 26.4 Å². The second-order valence-corrected chi connectivity index (χ2v) is 7.68. The molecule has 0 fully saturated rings. The highest BCUT2D eigenvalue weighted by atomic mass is 32.2. The minimum Gasteiger partial charge on any atom is -0.325 e. The van der Waals surface area contributed by atoms with Gasteiger partial charge >= 0.3 is 6.18 Å². The number of nitrogens with zero attached hydrogens (tertiary/aromatic N) is 1. The maximum absolute atomic E-state index is 13.1. The molecule has 0 atom stereocenters. The summed E-state index contributed by atoms with van der Waals surface area (Å²) in [7, 11) is -3.44. The molecule has 1 N–H and O–H groups in total. The first-order valence-corrected chi connectivity index (χ1v) is 8.95. The molecule has 2 aromatic carbocycles. The normalized spacial score (nSPS) is 12.2. The molecule has 5 nitrogen and oxygen atoms in total. The Kier molecular flexibility index (Phi) is 5.72. The fraction of sp³-hybridized carbons (Fsp3) is 0.235. The molecule has 2 aromatic rings. The number of alkyl halides is 3. The quantitative estimate of drug-likeness (QED) is 0.858. The van der Waals surface area contributed by atoms with Crippen LogP contribution in [0.5, 0.6) is 0 Å². The summed E-state index contributed by atoms with van der Waals surface area (Å²) in [5.74, 6) is -0.663. The summed E-state index contributed by atoms with van der Waals surface area (Å²) in [6.07, 6.45) is -4.82. The average Bonchev–Trinajstić information content (AvgIpc) is 2.56. The molecule has 1 amide bonds. The molecule has 9 heteroatoms. The molecule has 0 aliphatic rings. The van der Waals surface area contributed by atoms with Gasteiger partial charge in [0, 0.05) is 12.7 Å². The van der Waals surface area contributed by atoms with E-state index in [1.807, 2.05) is 6.92 Å². The standard InChI is InChI=1S/C17H17F3N2O3S/c1-12-7-9-13(10-8-12)21-16(23)11-22(2)26(24,25)15-6-4-3-5-14(15)17(18,19)20/h3-10H,11H2,1-2H3,(H,21,23). The van der Waals surface area contributed by atoms with E-state index < -0.39 is 39.1 Å². The SMILES string of the molecule is Cc1ccc(NC(=O)CN(C)S(=O)(=O)c2ccccc2C(F)(F)F)cc1. The van der Waals surface area contributed by atoms with E-state index in [4.69, 9.17) is 0 Å². The van der Waals surface area contributed by atoms with Crippen molar-refractivity contribution in [3.63, 3.8) is 0 Å². The number of carbonyl (C=O) groups excluding carboxylic acids is 1. The number of hydrogen-bond acceptors (Lipinski definition) is 3. The van der Waals surface area contributed by atoms with Gasteiger partial charge < -0.3 is 5.32 Å². The van der Waals surface area contributed by atoms with Gasteiger partial charge in [-0.15, -0.1) is 0 Å². The minimum absolute atomic E-state index is 0.460. The highest BCUT2D eigenvalue weighted by Gasteiger charge is 2.38. The number of rotatable bonds is 5. The maximum Gasteiger partial charge on any atom is 0.417 e. The third-order valence-corrected chi connectivity index (χ3v) is 5.44. The Morgan fingerprint density at radius 2 is 1.65 bits per heavy atom. The van der Waals surface area contributed by atoms with Gasteiger partial charge in [0.05, 0.1) is 17.0 Å². The molecule has 2 rings (SSSR count). The van der Waals surface area contributed by atoms with E-state index in [1.165, 1.54) is 6.07 Å². The molecule has 0 saturated heterocycles. The van der Waals surface area contributed by atoms with Crippen molar-refractivity contribution in [2.75, 3.05) is 18.9 Å². The number of hydrogen-bond donors (Lipinski definition) is 1. The summed E-state index contributed by atoms with van der Waals surface area (Å²) in [6, 6.07) is 10.7. The van der Waals surface area contributed by atoms with Crippen LogP contribution in [0.25, 0.3) is 0 Å². The third-order valence-electron chi connectivity index (χ3n) is 3.58. The van der Waals surface area contributed by atoms with Crippen LogP contribution in [-0.4, -0.2) is 32.2 Å². The van der Waals surface area contributed by atoms with Crippen molar-refractivity contribution in [1.29, 1.82) is 0 Å². The molecule has 0 aromatic heterocycles. The van der Waals surface area contributed by atoms with Gasteiger partial charge in [-0.05, 0) is 31.2 Å². The van der Waals surface area contributed by atoms with Crippen LogP contribution < -0.4 is 5.32 Å². The Morgan fingerprint density at radius 1 is 1.08 bits per heavy atom. The second-order valence-electron chi connectivity index (χ2n) is 5.67. The van der Waals surface area contributed by atoms with E-state index in [-0.39, 0.29) is 0 Å². The van der Waals surface area contributed by atoms with E-state index in [0.29, 0.717) is 16.1 Å². The lowest BCUT2D eigenvalue weighted by atomic mass is 10.2.